The monoisotopic (exact) mass is 208 g/mol. The van der Waals surface area contributed by atoms with Crippen LogP contribution in [0.2, 0.25) is 0 Å². The van der Waals surface area contributed by atoms with Gasteiger partial charge in [-0.1, -0.05) is 30.3 Å². The van der Waals surface area contributed by atoms with Crippen molar-refractivity contribution in [3.05, 3.63) is 35.9 Å². The number of rotatable bonds is 3. The van der Waals surface area contributed by atoms with Crippen molar-refractivity contribution in [2.45, 2.75) is 25.4 Å². The van der Waals surface area contributed by atoms with Crippen LogP contribution in [0.1, 0.15) is 25.3 Å². The van der Waals surface area contributed by atoms with Crippen LogP contribution in [0.3, 0.4) is 0 Å². The van der Waals surface area contributed by atoms with Gasteiger partial charge < -0.3 is 5.11 Å². The first kappa shape index (κ1) is 11.7. The molecule has 0 heterocycles. The Morgan fingerprint density at radius 1 is 1.40 bits per heavy atom. The summed E-state index contributed by atoms with van der Waals surface area (Å²) in [6.07, 6.45) is 0. The Hall–Kier alpha value is -1.39. The molecule has 1 amide bonds. The molecule has 0 unspecified atom stereocenters. The van der Waals surface area contributed by atoms with Crippen LogP contribution in [-0.4, -0.2) is 16.6 Å². The highest BCUT2D eigenvalue weighted by Crippen LogP contribution is 2.27. The second kappa shape index (κ2) is 4.42. The lowest BCUT2D eigenvalue weighted by Crippen LogP contribution is -2.43. The first-order valence-electron chi connectivity index (χ1n) is 4.74. The first-order valence-corrected chi connectivity index (χ1v) is 4.74. The van der Waals surface area contributed by atoms with E-state index in [9.17, 15) is 9.90 Å². The Labute approximate surface area is 89.1 Å². The molecule has 15 heavy (non-hydrogen) atoms. The molecule has 0 saturated heterocycles. The van der Waals surface area contributed by atoms with Gasteiger partial charge in [0, 0.05) is 0 Å². The van der Waals surface area contributed by atoms with Gasteiger partial charge in [0.05, 0.1) is 11.5 Å². The number of nitrogens with one attached hydrogen (secondary N) is 1. The van der Waals surface area contributed by atoms with E-state index in [0.29, 0.717) is 0 Å². The number of hydrazine groups is 1. The van der Waals surface area contributed by atoms with Gasteiger partial charge in [-0.25, -0.2) is 5.84 Å². The number of hydrogen-bond acceptors (Lipinski definition) is 3. The number of nitrogens with two attached hydrogens (primary N) is 1. The zero-order chi connectivity index (χ0) is 11.5. The van der Waals surface area contributed by atoms with Crippen molar-refractivity contribution in [1.29, 1.82) is 0 Å². The fourth-order valence-electron chi connectivity index (χ4n) is 1.61. The van der Waals surface area contributed by atoms with Crippen molar-refractivity contribution in [2.75, 3.05) is 0 Å². The summed E-state index contributed by atoms with van der Waals surface area (Å²) in [4.78, 5) is 11.6. The molecule has 82 valence electrons. The average molecular weight is 208 g/mol. The minimum atomic E-state index is -1.15. The molecule has 0 aromatic heterocycles. The van der Waals surface area contributed by atoms with Gasteiger partial charge in [-0.3, -0.25) is 10.2 Å². The minimum Gasteiger partial charge on any atom is -0.389 e. The Balaban J connectivity index is 3.08. The third-order valence-corrected chi connectivity index (χ3v) is 2.24. The smallest absolute Gasteiger partial charge is 0.244 e. The largest absolute Gasteiger partial charge is 0.389 e. The normalized spacial score (nSPS) is 13.3. The van der Waals surface area contributed by atoms with Crippen LogP contribution >= 0.6 is 0 Å². The Kier molecular flexibility index (Phi) is 3.44. The second-order valence-corrected chi connectivity index (χ2v) is 4.01. The van der Waals surface area contributed by atoms with Crippen molar-refractivity contribution >= 4 is 5.91 Å². The zero-order valence-electron chi connectivity index (χ0n) is 8.90. The SMILES string of the molecule is CC(C)(O)[C@H](C(=O)NN)c1ccccc1. The molecule has 0 radical (unpaired) electrons. The number of benzene rings is 1. The molecule has 4 nitrogen and oxygen atoms in total. The van der Waals surface area contributed by atoms with Crippen molar-refractivity contribution in [3.8, 4) is 0 Å². The molecule has 0 bridgehead atoms. The molecule has 1 rings (SSSR count). The van der Waals surface area contributed by atoms with Gasteiger partial charge in [-0.15, -0.1) is 0 Å². The lowest BCUT2D eigenvalue weighted by molar-refractivity contribution is -0.127. The van der Waals surface area contributed by atoms with Crippen LogP contribution in [0.15, 0.2) is 30.3 Å². The van der Waals surface area contributed by atoms with Crippen molar-refractivity contribution in [3.63, 3.8) is 0 Å². The molecule has 0 fully saturated rings. The van der Waals surface area contributed by atoms with E-state index in [1.807, 2.05) is 18.2 Å². The summed E-state index contributed by atoms with van der Waals surface area (Å²) in [5.41, 5.74) is 1.67. The fraction of sp³-hybridized carbons (Fsp3) is 0.364. The highest BCUT2D eigenvalue weighted by Gasteiger charge is 2.34. The lowest BCUT2D eigenvalue weighted by atomic mass is 9.84. The van der Waals surface area contributed by atoms with E-state index in [4.69, 9.17) is 5.84 Å². The van der Waals surface area contributed by atoms with Crippen molar-refractivity contribution in [1.82, 2.24) is 5.43 Å². The molecule has 4 N–H and O–H groups in total. The van der Waals surface area contributed by atoms with E-state index in [1.165, 1.54) is 0 Å². The van der Waals surface area contributed by atoms with Crippen molar-refractivity contribution < 1.29 is 9.90 Å². The molecule has 4 heteroatoms. The van der Waals surface area contributed by atoms with E-state index in [0.717, 1.165) is 5.56 Å². The Morgan fingerprint density at radius 3 is 2.33 bits per heavy atom. The summed E-state index contributed by atoms with van der Waals surface area (Å²) in [6, 6.07) is 9.07. The maximum atomic E-state index is 11.6. The number of hydrogen-bond donors (Lipinski definition) is 3. The second-order valence-electron chi connectivity index (χ2n) is 4.01. The third-order valence-electron chi connectivity index (χ3n) is 2.24. The molecule has 0 aliphatic carbocycles. The van der Waals surface area contributed by atoms with Crippen LogP contribution in [0.25, 0.3) is 0 Å². The lowest BCUT2D eigenvalue weighted by Gasteiger charge is -2.27. The molecule has 0 aliphatic rings. The number of amides is 1. The van der Waals surface area contributed by atoms with Crippen LogP contribution in [0.4, 0.5) is 0 Å². The number of carbonyl (C=O) groups is 1. The molecule has 0 aliphatic heterocycles. The van der Waals surface area contributed by atoms with Gasteiger partial charge >= 0.3 is 0 Å². The predicted molar refractivity (Wildman–Crippen MR) is 57.8 cm³/mol. The van der Waals surface area contributed by atoms with Gasteiger partial charge in [0.15, 0.2) is 0 Å². The molecular weight excluding hydrogens is 192 g/mol. The maximum Gasteiger partial charge on any atom is 0.244 e. The summed E-state index contributed by atoms with van der Waals surface area (Å²) in [7, 11) is 0. The van der Waals surface area contributed by atoms with E-state index < -0.39 is 17.4 Å². The highest BCUT2D eigenvalue weighted by atomic mass is 16.3. The minimum absolute atomic E-state index is 0.395. The first-order chi connectivity index (χ1) is 6.96. The quantitative estimate of drug-likeness (QED) is 0.385. The third kappa shape index (κ3) is 2.78. The molecule has 0 saturated carbocycles. The predicted octanol–water partition coefficient (Wildman–Crippen LogP) is 0.531. The van der Waals surface area contributed by atoms with Gasteiger partial charge in [-0.2, -0.15) is 0 Å². The molecule has 1 atom stereocenters. The fourth-order valence-corrected chi connectivity index (χ4v) is 1.61. The summed E-state index contributed by atoms with van der Waals surface area (Å²) in [6.45, 7) is 3.17. The molecule has 0 spiro atoms. The Morgan fingerprint density at radius 2 is 1.93 bits per heavy atom. The van der Waals surface area contributed by atoms with E-state index >= 15 is 0 Å². The van der Waals surface area contributed by atoms with E-state index in [-0.39, 0.29) is 0 Å². The zero-order valence-corrected chi connectivity index (χ0v) is 8.90. The van der Waals surface area contributed by atoms with Gasteiger partial charge in [0.2, 0.25) is 5.91 Å². The summed E-state index contributed by atoms with van der Waals surface area (Å²) in [5.74, 6) is 4.04. The van der Waals surface area contributed by atoms with Gasteiger partial charge in [0.1, 0.15) is 0 Å². The van der Waals surface area contributed by atoms with E-state index in [1.54, 1.807) is 26.0 Å². The molecule has 1 aromatic rings. The number of carbonyl (C=O) groups excluding carboxylic acids is 1. The van der Waals surface area contributed by atoms with Crippen LogP contribution in [-0.2, 0) is 4.79 Å². The van der Waals surface area contributed by atoms with E-state index in [2.05, 4.69) is 5.43 Å². The topological polar surface area (TPSA) is 75.3 Å². The maximum absolute atomic E-state index is 11.6. The summed E-state index contributed by atoms with van der Waals surface area (Å²) in [5, 5.41) is 9.92. The van der Waals surface area contributed by atoms with Crippen LogP contribution < -0.4 is 11.3 Å². The van der Waals surface area contributed by atoms with Gasteiger partial charge in [0.25, 0.3) is 0 Å². The van der Waals surface area contributed by atoms with Crippen molar-refractivity contribution in [2.24, 2.45) is 5.84 Å². The van der Waals surface area contributed by atoms with Crippen LogP contribution in [0.5, 0.6) is 0 Å². The highest BCUT2D eigenvalue weighted by molar-refractivity contribution is 5.84. The average Bonchev–Trinajstić information content (AvgIpc) is 2.17. The Bertz CT molecular complexity index is 330. The molecular formula is C11H16N2O2. The summed E-state index contributed by atoms with van der Waals surface area (Å²) < 4.78 is 0. The molecule has 1 aromatic carbocycles. The van der Waals surface area contributed by atoms with Crippen LogP contribution in [0, 0.1) is 0 Å². The standard InChI is InChI=1S/C11H16N2O2/c1-11(2,15)9(10(14)13-12)8-6-4-3-5-7-8/h3-7,9,15H,12H2,1-2H3,(H,13,14)/t9-/m0/s1. The summed E-state index contributed by atoms with van der Waals surface area (Å²) >= 11 is 0. The number of aliphatic hydroxyl groups is 1. The van der Waals surface area contributed by atoms with Gasteiger partial charge in [-0.05, 0) is 19.4 Å².